The molecule has 2 unspecified atom stereocenters. The number of hydrogen-bond acceptors (Lipinski definition) is 5. The minimum Gasteiger partial charge on any atom is -0.466 e. The molecule has 400 valence electrons. The maximum Gasteiger partial charge on any atom is 0.305 e. The molecule has 0 aliphatic heterocycles. The predicted molar refractivity (Wildman–Crippen MR) is 292 cm³/mol. The third-order valence-electron chi connectivity index (χ3n) is 14.7. The van der Waals surface area contributed by atoms with Crippen LogP contribution in [0.2, 0.25) is 0 Å². The molecule has 6 heteroatoms. The molecule has 0 rings (SSSR count). The molecule has 67 heavy (non-hydrogen) atoms. The Kier molecular flexibility index (Phi) is 56.5. The van der Waals surface area contributed by atoms with Gasteiger partial charge in [0.15, 0.2) is 0 Å². The van der Waals surface area contributed by atoms with Crippen molar-refractivity contribution in [2.24, 2.45) is 0 Å². The second-order valence-electron chi connectivity index (χ2n) is 21.4. The van der Waals surface area contributed by atoms with E-state index >= 15 is 0 Å². The van der Waals surface area contributed by atoms with Gasteiger partial charge in [0.25, 0.3) is 0 Å². The van der Waals surface area contributed by atoms with Crippen LogP contribution in [0.3, 0.4) is 0 Å². The first-order chi connectivity index (χ1) is 33.0. The van der Waals surface area contributed by atoms with E-state index in [9.17, 15) is 19.8 Å². The number of carbonyl (C=O) groups is 2. The molecule has 0 radical (unpaired) electrons. The number of aliphatic hydroxyl groups excluding tert-OH is 2. The number of rotatable bonds is 58. The molecule has 0 saturated heterocycles. The molecule has 0 bridgehead atoms. The number of unbranched alkanes of at least 4 members (excludes halogenated alkanes) is 47. The second kappa shape index (κ2) is 57.4. The molecule has 6 nitrogen and oxygen atoms in total. The fraction of sp³-hybridized carbons (Fsp3) is 0.967. The number of aliphatic hydroxyl groups is 2. The first-order valence-corrected chi connectivity index (χ1v) is 30.8. The summed E-state index contributed by atoms with van der Waals surface area (Å²) in [4.78, 5) is 24.6. The van der Waals surface area contributed by atoms with Gasteiger partial charge in [-0.3, -0.25) is 9.59 Å². The lowest BCUT2D eigenvalue weighted by molar-refractivity contribution is -0.143. The molecular weight excluding hydrogens is 827 g/mol. The molecule has 0 aromatic heterocycles. The van der Waals surface area contributed by atoms with E-state index in [1.807, 2.05) is 0 Å². The van der Waals surface area contributed by atoms with Gasteiger partial charge in [0.05, 0.1) is 25.4 Å². The molecule has 0 fully saturated rings. The average molecular weight is 949 g/mol. The summed E-state index contributed by atoms with van der Waals surface area (Å²) >= 11 is 0. The Labute approximate surface area is 419 Å². The fourth-order valence-electron chi connectivity index (χ4n) is 9.94. The molecule has 0 aliphatic rings. The third kappa shape index (κ3) is 54.0. The normalized spacial score (nSPS) is 12.5. The van der Waals surface area contributed by atoms with E-state index in [2.05, 4.69) is 19.2 Å². The summed E-state index contributed by atoms with van der Waals surface area (Å²) in [5.74, 6) is -0.0350. The Hall–Kier alpha value is -1.14. The Balaban J connectivity index is 3.41. The Morgan fingerprint density at radius 3 is 0.910 bits per heavy atom. The molecule has 2 atom stereocenters. The highest BCUT2D eigenvalue weighted by Crippen LogP contribution is 2.18. The third-order valence-corrected chi connectivity index (χ3v) is 14.7. The highest BCUT2D eigenvalue weighted by Gasteiger charge is 2.20. The van der Waals surface area contributed by atoms with E-state index in [4.69, 9.17) is 4.74 Å². The maximum atomic E-state index is 12.5. The monoisotopic (exact) mass is 948 g/mol. The smallest absolute Gasteiger partial charge is 0.305 e. The van der Waals surface area contributed by atoms with Crippen molar-refractivity contribution in [2.75, 3.05) is 13.2 Å². The topological polar surface area (TPSA) is 95.9 Å². The van der Waals surface area contributed by atoms with E-state index in [0.717, 1.165) is 44.9 Å². The number of amides is 1. The van der Waals surface area contributed by atoms with Crippen LogP contribution < -0.4 is 5.32 Å². The molecule has 0 spiro atoms. The number of hydrogen-bond donors (Lipinski definition) is 3. The van der Waals surface area contributed by atoms with Crippen LogP contribution in [0.15, 0.2) is 0 Å². The summed E-state index contributed by atoms with van der Waals surface area (Å²) in [6, 6.07) is -0.547. The molecule has 0 aliphatic carbocycles. The first kappa shape index (κ1) is 65.9. The molecule has 1 amide bonds. The molecule has 0 aromatic carbocycles. The van der Waals surface area contributed by atoms with Crippen molar-refractivity contribution >= 4 is 11.9 Å². The van der Waals surface area contributed by atoms with Crippen LogP contribution in [0.4, 0.5) is 0 Å². The van der Waals surface area contributed by atoms with Crippen LogP contribution in [0.5, 0.6) is 0 Å². The molecule has 0 saturated carbocycles. The van der Waals surface area contributed by atoms with Gasteiger partial charge in [-0.25, -0.2) is 0 Å². The molecule has 0 aromatic rings. The van der Waals surface area contributed by atoms with Gasteiger partial charge in [-0.2, -0.15) is 0 Å². The van der Waals surface area contributed by atoms with Crippen molar-refractivity contribution in [1.29, 1.82) is 0 Å². The zero-order valence-electron chi connectivity index (χ0n) is 45.7. The SMILES string of the molecule is CCCCCCCCCCCCCCCCCCCCCCCCC(O)C(CO)NC(=O)CCCCCCCCCCCCCCCCCOC(=O)CCCCCCCCCCCCCCC. The quantitative estimate of drug-likeness (QED) is 0.0417. The number of carbonyl (C=O) groups excluding carboxylic acids is 2. The first-order valence-electron chi connectivity index (χ1n) is 30.8. The minimum atomic E-state index is -0.670. The largest absolute Gasteiger partial charge is 0.466 e. The highest BCUT2D eigenvalue weighted by molar-refractivity contribution is 5.76. The Morgan fingerprint density at radius 1 is 0.358 bits per heavy atom. The lowest BCUT2D eigenvalue weighted by Crippen LogP contribution is -2.45. The Bertz CT molecular complexity index is 959. The van der Waals surface area contributed by atoms with Gasteiger partial charge in [0, 0.05) is 12.8 Å². The summed E-state index contributed by atoms with van der Waals surface area (Å²) in [7, 11) is 0. The number of esters is 1. The van der Waals surface area contributed by atoms with E-state index < -0.39 is 12.1 Å². The summed E-state index contributed by atoms with van der Waals surface area (Å²) in [6.07, 6.45) is 66.7. The van der Waals surface area contributed by atoms with Crippen molar-refractivity contribution in [3.63, 3.8) is 0 Å². The maximum absolute atomic E-state index is 12.5. The van der Waals surface area contributed by atoms with Gasteiger partial charge in [-0.1, -0.05) is 316 Å². The lowest BCUT2D eigenvalue weighted by atomic mass is 10.0. The van der Waals surface area contributed by atoms with Crippen LogP contribution in [0.25, 0.3) is 0 Å². The summed E-state index contributed by atoms with van der Waals surface area (Å²) in [5.41, 5.74) is 0. The van der Waals surface area contributed by atoms with Gasteiger partial charge in [-0.15, -0.1) is 0 Å². The van der Waals surface area contributed by atoms with E-state index in [1.54, 1.807) is 0 Å². The number of nitrogens with one attached hydrogen (secondary N) is 1. The van der Waals surface area contributed by atoms with Crippen molar-refractivity contribution < 1.29 is 24.5 Å². The van der Waals surface area contributed by atoms with Gasteiger partial charge in [0.1, 0.15) is 0 Å². The summed E-state index contributed by atoms with van der Waals surface area (Å²) in [6.45, 7) is 4.97. The van der Waals surface area contributed by atoms with Crippen LogP contribution in [0.1, 0.15) is 354 Å². The van der Waals surface area contributed by atoms with Crippen LogP contribution in [-0.2, 0) is 14.3 Å². The summed E-state index contributed by atoms with van der Waals surface area (Å²) in [5, 5.41) is 23.4. The van der Waals surface area contributed by atoms with Crippen molar-refractivity contribution in [3.8, 4) is 0 Å². The van der Waals surface area contributed by atoms with Crippen molar-refractivity contribution in [3.05, 3.63) is 0 Å². The zero-order chi connectivity index (χ0) is 48.6. The predicted octanol–water partition coefficient (Wildman–Crippen LogP) is 19.1. The molecule has 0 heterocycles. The highest BCUT2D eigenvalue weighted by atomic mass is 16.5. The van der Waals surface area contributed by atoms with Gasteiger partial charge in [0.2, 0.25) is 5.91 Å². The van der Waals surface area contributed by atoms with Crippen molar-refractivity contribution in [1.82, 2.24) is 5.32 Å². The molecular formula is C61H121NO5. The zero-order valence-corrected chi connectivity index (χ0v) is 45.7. The standard InChI is InChI=1S/C61H121NO5/c1-3-5-7-9-11-13-15-17-18-19-20-21-22-23-24-26-30-33-37-41-45-49-53-59(64)58(57-63)62-60(65)54-50-46-42-38-34-31-27-25-28-32-36-40-44-48-52-56-67-61(66)55-51-47-43-39-35-29-16-14-12-10-8-6-4-2/h58-59,63-64H,3-57H2,1-2H3,(H,62,65). The molecule has 3 N–H and O–H groups in total. The number of ether oxygens (including phenoxy) is 1. The van der Waals surface area contributed by atoms with Crippen LogP contribution >= 0.6 is 0 Å². The van der Waals surface area contributed by atoms with E-state index in [0.29, 0.717) is 25.9 Å². The van der Waals surface area contributed by atoms with Crippen LogP contribution in [0, 0.1) is 0 Å². The van der Waals surface area contributed by atoms with Crippen LogP contribution in [-0.4, -0.2) is 47.4 Å². The average Bonchev–Trinajstić information content (AvgIpc) is 3.33. The van der Waals surface area contributed by atoms with Gasteiger partial charge in [-0.05, 0) is 25.7 Å². The van der Waals surface area contributed by atoms with Gasteiger partial charge < -0.3 is 20.3 Å². The van der Waals surface area contributed by atoms with Crippen molar-refractivity contribution in [2.45, 2.75) is 366 Å². The Morgan fingerprint density at radius 2 is 0.612 bits per heavy atom. The lowest BCUT2D eigenvalue weighted by Gasteiger charge is -2.22. The second-order valence-corrected chi connectivity index (χ2v) is 21.4. The minimum absolute atomic E-state index is 0.00368. The van der Waals surface area contributed by atoms with Gasteiger partial charge >= 0.3 is 5.97 Å². The van der Waals surface area contributed by atoms with E-state index in [1.165, 1.54) is 276 Å². The summed E-state index contributed by atoms with van der Waals surface area (Å²) < 4.78 is 5.47. The van der Waals surface area contributed by atoms with E-state index in [-0.39, 0.29) is 18.5 Å². The fourth-order valence-corrected chi connectivity index (χ4v) is 9.94.